The molecule has 4 heteroatoms. The van der Waals surface area contributed by atoms with E-state index in [-0.39, 0.29) is 11.9 Å². The van der Waals surface area contributed by atoms with E-state index in [4.69, 9.17) is 0 Å². The first-order valence-corrected chi connectivity index (χ1v) is 5.88. The number of nitrogens with zero attached hydrogens (tertiary/aromatic N) is 1. The van der Waals surface area contributed by atoms with E-state index in [9.17, 15) is 4.79 Å². The Hall–Kier alpha value is -0.870. The zero-order valence-corrected chi connectivity index (χ0v) is 10.5. The van der Waals surface area contributed by atoms with E-state index in [0.29, 0.717) is 6.54 Å². The molecule has 0 aliphatic heterocycles. The first kappa shape index (κ1) is 12.2. The highest BCUT2D eigenvalue weighted by molar-refractivity contribution is 7.10. The molecule has 1 heterocycles. The van der Waals surface area contributed by atoms with Gasteiger partial charge in [-0.1, -0.05) is 0 Å². The third kappa shape index (κ3) is 3.32. The normalized spacial score (nSPS) is 12.5. The van der Waals surface area contributed by atoms with Crippen LogP contribution in [0.2, 0.25) is 0 Å². The van der Waals surface area contributed by atoms with Crippen molar-refractivity contribution < 1.29 is 4.79 Å². The second-order valence-electron chi connectivity index (χ2n) is 3.86. The number of hydrogen-bond acceptors (Lipinski definition) is 3. The average Bonchev–Trinajstić information content (AvgIpc) is 2.60. The Morgan fingerprint density at radius 2 is 2.27 bits per heavy atom. The lowest BCUT2D eigenvalue weighted by molar-refractivity contribution is -0.127. The average molecular weight is 226 g/mol. The number of aryl methyl sites for hydroxylation is 1. The van der Waals surface area contributed by atoms with Crippen LogP contribution >= 0.6 is 11.3 Å². The van der Waals surface area contributed by atoms with Crippen LogP contribution in [-0.4, -0.2) is 31.4 Å². The van der Waals surface area contributed by atoms with E-state index in [2.05, 4.69) is 30.6 Å². The van der Waals surface area contributed by atoms with Gasteiger partial charge in [-0.05, 0) is 30.9 Å². The quantitative estimate of drug-likeness (QED) is 0.849. The highest BCUT2D eigenvalue weighted by Crippen LogP contribution is 2.22. The number of hydrogen-bond donors (Lipinski definition) is 1. The topological polar surface area (TPSA) is 32.3 Å². The van der Waals surface area contributed by atoms with Crippen LogP contribution in [0, 0.1) is 6.92 Å². The summed E-state index contributed by atoms with van der Waals surface area (Å²) in [5.41, 5.74) is 1.29. The molecule has 0 spiro atoms. The minimum absolute atomic E-state index is 0.107. The van der Waals surface area contributed by atoms with E-state index in [0.717, 1.165) is 0 Å². The van der Waals surface area contributed by atoms with Crippen LogP contribution in [-0.2, 0) is 4.79 Å². The summed E-state index contributed by atoms with van der Waals surface area (Å²) in [7, 11) is 3.54. The number of carbonyl (C=O) groups excluding carboxylic acids is 1. The molecule has 0 aliphatic carbocycles. The molecule has 1 aromatic rings. The van der Waals surface area contributed by atoms with Crippen molar-refractivity contribution in [3.63, 3.8) is 0 Å². The smallest absolute Gasteiger partial charge is 0.236 e. The minimum atomic E-state index is 0.107. The van der Waals surface area contributed by atoms with Crippen LogP contribution in [0.15, 0.2) is 11.4 Å². The Morgan fingerprint density at radius 3 is 2.73 bits per heavy atom. The maximum atomic E-state index is 11.4. The number of carbonyl (C=O) groups is 1. The fourth-order valence-corrected chi connectivity index (χ4v) is 2.28. The maximum absolute atomic E-state index is 11.4. The number of amides is 1. The fourth-order valence-electron chi connectivity index (χ4n) is 1.32. The standard InChI is InChI=1S/C11H18N2OS/c1-8-5-6-15-11(8)9(2)12-7-10(14)13(3)4/h5-6,9,12H,7H2,1-4H3/t9-/m0/s1. The molecule has 0 saturated heterocycles. The molecule has 0 radical (unpaired) electrons. The maximum Gasteiger partial charge on any atom is 0.236 e. The molecule has 0 saturated carbocycles. The van der Waals surface area contributed by atoms with Gasteiger partial charge in [0.25, 0.3) is 0 Å². The lowest BCUT2D eigenvalue weighted by Gasteiger charge is -2.15. The van der Waals surface area contributed by atoms with E-state index in [1.807, 2.05) is 0 Å². The molecule has 0 bridgehead atoms. The van der Waals surface area contributed by atoms with Crippen LogP contribution < -0.4 is 5.32 Å². The molecule has 1 atom stereocenters. The van der Waals surface area contributed by atoms with Gasteiger partial charge < -0.3 is 10.2 Å². The number of nitrogens with one attached hydrogen (secondary N) is 1. The minimum Gasteiger partial charge on any atom is -0.348 e. The molecule has 0 unspecified atom stereocenters. The van der Waals surface area contributed by atoms with Crippen LogP contribution in [0.25, 0.3) is 0 Å². The molecule has 1 aromatic heterocycles. The number of rotatable bonds is 4. The molecule has 1 N–H and O–H groups in total. The molecule has 84 valence electrons. The van der Waals surface area contributed by atoms with Gasteiger partial charge in [0.1, 0.15) is 0 Å². The molecule has 1 rings (SSSR count). The van der Waals surface area contributed by atoms with Gasteiger partial charge in [-0.15, -0.1) is 11.3 Å². The third-order valence-electron chi connectivity index (χ3n) is 2.35. The fraction of sp³-hybridized carbons (Fsp3) is 0.545. The molecule has 3 nitrogen and oxygen atoms in total. The van der Waals surface area contributed by atoms with Crippen molar-refractivity contribution >= 4 is 17.2 Å². The third-order valence-corrected chi connectivity index (χ3v) is 3.55. The highest BCUT2D eigenvalue weighted by atomic mass is 32.1. The summed E-state index contributed by atoms with van der Waals surface area (Å²) in [5.74, 6) is 0.107. The van der Waals surface area contributed by atoms with Gasteiger partial charge in [0.05, 0.1) is 6.54 Å². The van der Waals surface area contributed by atoms with E-state index in [1.54, 1.807) is 30.3 Å². The number of thiophene rings is 1. The highest BCUT2D eigenvalue weighted by Gasteiger charge is 2.11. The van der Waals surface area contributed by atoms with Crippen LogP contribution in [0.4, 0.5) is 0 Å². The van der Waals surface area contributed by atoms with Crippen molar-refractivity contribution in [1.82, 2.24) is 10.2 Å². The van der Waals surface area contributed by atoms with Crippen molar-refractivity contribution in [2.75, 3.05) is 20.6 Å². The Balaban J connectivity index is 2.47. The second kappa shape index (κ2) is 5.28. The zero-order valence-electron chi connectivity index (χ0n) is 9.70. The Labute approximate surface area is 95.1 Å². The van der Waals surface area contributed by atoms with Gasteiger partial charge in [-0.3, -0.25) is 4.79 Å². The SMILES string of the molecule is Cc1ccsc1[C@H](C)NCC(=O)N(C)C. The largest absolute Gasteiger partial charge is 0.348 e. The summed E-state index contributed by atoms with van der Waals surface area (Å²) in [6.45, 7) is 4.57. The molecule has 15 heavy (non-hydrogen) atoms. The first-order chi connectivity index (χ1) is 7.02. The Kier molecular flexibility index (Phi) is 4.29. The summed E-state index contributed by atoms with van der Waals surface area (Å²) in [6.07, 6.45) is 0. The Morgan fingerprint density at radius 1 is 1.60 bits per heavy atom. The molecule has 0 aromatic carbocycles. The predicted molar refractivity (Wildman–Crippen MR) is 64.2 cm³/mol. The van der Waals surface area contributed by atoms with Crippen molar-refractivity contribution in [3.8, 4) is 0 Å². The van der Waals surface area contributed by atoms with Gasteiger partial charge in [-0.2, -0.15) is 0 Å². The summed E-state index contributed by atoms with van der Waals surface area (Å²) >= 11 is 1.73. The van der Waals surface area contributed by atoms with Crippen molar-refractivity contribution in [3.05, 3.63) is 21.9 Å². The first-order valence-electron chi connectivity index (χ1n) is 5.00. The number of likely N-dealkylation sites (N-methyl/N-ethyl adjacent to an activating group) is 1. The predicted octanol–water partition coefficient (Wildman–Crippen LogP) is 1.80. The van der Waals surface area contributed by atoms with Gasteiger partial charge >= 0.3 is 0 Å². The van der Waals surface area contributed by atoms with E-state index in [1.165, 1.54) is 10.4 Å². The van der Waals surface area contributed by atoms with Gasteiger partial charge in [0.2, 0.25) is 5.91 Å². The molecule has 1 amide bonds. The molecular formula is C11H18N2OS. The summed E-state index contributed by atoms with van der Waals surface area (Å²) in [4.78, 5) is 14.3. The molecular weight excluding hydrogens is 208 g/mol. The van der Waals surface area contributed by atoms with E-state index < -0.39 is 0 Å². The van der Waals surface area contributed by atoms with Gasteiger partial charge in [0.15, 0.2) is 0 Å². The Bertz CT molecular complexity index is 333. The lowest BCUT2D eigenvalue weighted by atomic mass is 10.2. The van der Waals surface area contributed by atoms with Crippen LogP contribution in [0.3, 0.4) is 0 Å². The van der Waals surface area contributed by atoms with Gasteiger partial charge in [-0.25, -0.2) is 0 Å². The zero-order chi connectivity index (χ0) is 11.4. The second-order valence-corrected chi connectivity index (χ2v) is 4.81. The monoisotopic (exact) mass is 226 g/mol. The lowest BCUT2D eigenvalue weighted by Crippen LogP contribution is -2.34. The van der Waals surface area contributed by atoms with Gasteiger partial charge in [0, 0.05) is 25.0 Å². The van der Waals surface area contributed by atoms with Crippen molar-refractivity contribution in [1.29, 1.82) is 0 Å². The van der Waals surface area contributed by atoms with E-state index >= 15 is 0 Å². The molecule has 0 aliphatic rings. The van der Waals surface area contributed by atoms with Crippen molar-refractivity contribution in [2.45, 2.75) is 19.9 Å². The summed E-state index contributed by atoms with van der Waals surface area (Å²) < 4.78 is 0. The summed E-state index contributed by atoms with van der Waals surface area (Å²) in [6, 6.07) is 2.35. The van der Waals surface area contributed by atoms with Crippen molar-refractivity contribution in [2.24, 2.45) is 0 Å². The van der Waals surface area contributed by atoms with Crippen LogP contribution in [0.1, 0.15) is 23.4 Å². The summed E-state index contributed by atoms with van der Waals surface area (Å²) in [5, 5.41) is 5.31. The van der Waals surface area contributed by atoms with Crippen LogP contribution in [0.5, 0.6) is 0 Å². The molecule has 0 fully saturated rings.